The molecule has 19 heavy (non-hydrogen) atoms. The topological polar surface area (TPSA) is 66.4 Å². The lowest BCUT2D eigenvalue weighted by molar-refractivity contribution is 0.0554. The standard InChI is InChI=1S/C14H23NO3S/c1-5-8-14(4,16)10-15-19(17,18)13-7-6-11(2)9-12(13)3/h6-7,9,15-16H,5,8,10H2,1-4H3. The Hall–Kier alpha value is -0.910. The summed E-state index contributed by atoms with van der Waals surface area (Å²) in [6.45, 7) is 7.30. The van der Waals surface area contributed by atoms with Crippen LogP contribution in [-0.2, 0) is 10.0 Å². The summed E-state index contributed by atoms with van der Waals surface area (Å²) >= 11 is 0. The summed E-state index contributed by atoms with van der Waals surface area (Å²) in [4.78, 5) is 0.269. The van der Waals surface area contributed by atoms with Crippen LogP contribution >= 0.6 is 0 Å². The molecule has 0 fully saturated rings. The van der Waals surface area contributed by atoms with Gasteiger partial charge in [-0.05, 0) is 38.8 Å². The molecule has 5 heteroatoms. The summed E-state index contributed by atoms with van der Waals surface area (Å²) in [6, 6.07) is 5.20. The van der Waals surface area contributed by atoms with Crippen LogP contribution in [0.5, 0.6) is 0 Å². The number of nitrogens with one attached hydrogen (secondary N) is 1. The third-order valence-corrected chi connectivity index (χ3v) is 4.61. The zero-order chi connectivity index (χ0) is 14.7. The molecule has 4 nitrogen and oxygen atoms in total. The van der Waals surface area contributed by atoms with Gasteiger partial charge in [0.15, 0.2) is 0 Å². The van der Waals surface area contributed by atoms with Gasteiger partial charge in [-0.2, -0.15) is 0 Å². The molecule has 0 heterocycles. The van der Waals surface area contributed by atoms with E-state index >= 15 is 0 Å². The van der Waals surface area contributed by atoms with Crippen molar-refractivity contribution in [3.05, 3.63) is 29.3 Å². The van der Waals surface area contributed by atoms with Gasteiger partial charge >= 0.3 is 0 Å². The highest BCUT2D eigenvalue weighted by Crippen LogP contribution is 2.17. The number of aliphatic hydroxyl groups is 1. The van der Waals surface area contributed by atoms with Gasteiger partial charge in [-0.3, -0.25) is 0 Å². The number of rotatable bonds is 6. The van der Waals surface area contributed by atoms with E-state index in [0.29, 0.717) is 12.0 Å². The van der Waals surface area contributed by atoms with Crippen molar-refractivity contribution in [3.63, 3.8) is 0 Å². The van der Waals surface area contributed by atoms with Crippen molar-refractivity contribution in [2.24, 2.45) is 0 Å². The summed E-state index contributed by atoms with van der Waals surface area (Å²) in [5.41, 5.74) is 0.720. The molecule has 0 spiro atoms. The monoisotopic (exact) mass is 285 g/mol. The predicted molar refractivity (Wildman–Crippen MR) is 76.6 cm³/mol. The van der Waals surface area contributed by atoms with E-state index in [2.05, 4.69) is 4.72 Å². The van der Waals surface area contributed by atoms with Gasteiger partial charge in [0.25, 0.3) is 0 Å². The number of hydrogen-bond acceptors (Lipinski definition) is 3. The van der Waals surface area contributed by atoms with Gasteiger partial charge in [0.05, 0.1) is 10.5 Å². The summed E-state index contributed by atoms with van der Waals surface area (Å²) in [7, 11) is -3.57. The minimum atomic E-state index is -3.57. The van der Waals surface area contributed by atoms with Crippen LogP contribution in [0.15, 0.2) is 23.1 Å². The van der Waals surface area contributed by atoms with Gasteiger partial charge in [-0.15, -0.1) is 0 Å². The molecule has 0 aromatic heterocycles. The first-order chi connectivity index (χ1) is 8.68. The second-order valence-electron chi connectivity index (χ2n) is 5.34. The Morgan fingerprint density at radius 3 is 2.47 bits per heavy atom. The smallest absolute Gasteiger partial charge is 0.240 e. The van der Waals surface area contributed by atoms with Crippen LogP contribution in [0.2, 0.25) is 0 Å². The Morgan fingerprint density at radius 2 is 1.95 bits per heavy atom. The first-order valence-electron chi connectivity index (χ1n) is 6.47. The van der Waals surface area contributed by atoms with Crippen LogP contribution in [0.25, 0.3) is 0 Å². The van der Waals surface area contributed by atoms with Gasteiger partial charge in [-0.25, -0.2) is 13.1 Å². The maximum atomic E-state index is 12.2. The summed E-state index contributed by atoms with van der Waals surface area (Å²) in [6.07, 6.45) is 1.36. The highest BCUT2D eigenvalue weighted by molar-refractivity contribution is 7.89. The third kappa shape index (κ3) is 4.60. The molecule has 0 bridgehead atoms. The zero-order valence-electron chi connectivity index (χ0n) is 12.0. The average molecular weight is 285 g/mol. The van der Waals surface area contributed by atoms with E-state index in [0.717, 1.165) is 12.0 Å². The van der Waals surface area contributed by atoms with E-state index in [1.165, 1.54) is 0 Å². The van der Waals surface area contributed by atoms with Gasteiger partial charge in [-0.1, -0.05) is 31.0 Å². The number of hydrogen-bond donors (Lipinski definition) is 2. The molecular formula is C14H23NO3S. The number of sulfonamides is 1. The quantitative estimate of drug-likeness (QED) is 0.841. The average Bonchev–Trinajstić information content (AvgIpc) is 2.26. The van der Waals surface area contributed by atoms with Crippen LogP contribution in [0, 0.1) is 13.8 Å². The van der Waals surface area contributed by atoms with Crippen molar-refractivity contribution >= 4 is 10.0 Å². The fourth-order valence-electron chi connectivity index (χ4n) is 2.06. The molecule has 0 aliphatic heterocycles. The Morgan fingerprint density at radius 1 is 1.32 bits per heavy atom. The van der Waals surface area contributed by atoms with Crippen LogP contribution < -0.4 is 4.72 Å². The third-order valence-electron chi connectivity index (χ3n) is 3.05. The van der Waals surface area contributed by atoms with E-state index in [4.69, 9.17) is 0 Å². The zero-order valence-corrected chi connectivity index (χ0v) is 12.8. The van der Waals surface area contributed by atoms with Crippen LogP contribution in [0.3, 0.4) is 0 Å². The van der Waals surface area contributed by atoms with Crippen molar-refractivity contribution in [1.29, 1.82) is 0 Å². The number of benzene rings is 1. The molecule has 1 rings (SSSR count). The van der Waals surface area contributed by atoms with E-state index < -0.39 is 15.6 Å². The molecule has 1 aromatic carbocycles. The molecule has 2 N–H and O–H groups in total. The molecule has 1 aromatic rings. The SMILES string of the molecule is CCCC(C)(O)CNS(=O)(=O)c1ccc(C)cc1C. The van der Waals surface area contributed by atoms with E-state index in [1.54, 1.807) is 26.0 Å². The van der Waals surface area contributed by atoms with Crippen LogP contribution in [0.4, 0.5) is 0 Å². The van der Waals surface area contributed by atoms with Gasteiger partial charge < -0.3 is 5.11 Å². The Kier molecular flexibility index (Phi) is 5.12. The molecule has 0 saturated carbocycles. The van der Waals surface area contributed by atoms with E-state index in [-0.39, 0.29) is 11.4 Å². The Bertz CT molecular complexity index is 536. The van der Waals surface area contributed by atoms with Gasteiger partial charge in [0.2, 0.25) is 10.0 Å². The summed E-state index contributed by atoms with van der Waals surface area (Å²) in [5, 5.41) is 10.0. The van der Waals surface area contributed by atoms with Crippen molar-refractivity contribution in [2.75, 3.05) is 6.54 Å². The lowest BCUT2D eigenvalue weighted by Gasteiger charge is -2.23. The van der Waals surface area contributed by atoms with E-state index in [1.807, 2.05) is 19.9 Å². The van der Waals surface area contributed by atoms with E-state index in [9.17, 15) is 13.5 Å². The molecular weight excluding hydrogens is 262 g/mol. The fraction of sp³-hybridized carbons (Fsp3) is 0.571. The molecule has 1 atom stereocenters. The van der Waals surface area contributed by atoms with Crippen molar-refractivity contribution in [2.45, 2.75) is 51.0 Å². The molecule has 108 valence electrons. The highest BCUT2D eigenvalue weighted by Gasteiger charge is 2.24. The predicted octanol–water partition coefficient (Wildman–Crippen LogP) is 2.13. The van der Waals surface area contributed by atoms with Crippen LogP contribution in [-0.4, -0.2) is 25.7 Å². The minimum absolute atomic E-state index is 0.0243. The summed E-state index contributed by atoms with van der Waals surface area (Å²) in [5.74, 6) is 0. The van der Waals surface area contributed by atoms with Gasteiger partial charge in [0.1, 0.15) is 0 Å². The molecule has 0 aliphatic rings. The fourth-order valence-corrected chi connectivity index (χ4v) is 3.44. The first-order valence-corrected chi connectivity index (χ1v) is 7.95. The summed E-state index contributed by atoms with van der Waals surface area (Å²) < 4.78 is 26.9. The van der Waals surface area contributed by atoms with Crippen molar-refractivity contribution < 1.29 is 13.5 Å². The Balaban J connectivity index is 2.87. The Labute approximate surface area is 115 Å². The number of aryl methyl sites for hydroxylation is 2. The second kappa shape index (κ2) is 6.03. The largest absolute Gasteiger partial charge is 0.389 e. The second-order valence-corrected chi connectivity index (χ2v) is 7.08. The van der Waals surface area contributed by atoms with Crippen molar-refractivity contribution in [1.82, 2.24) is 4.72 Å². The minimum Gasteiger partial charge on any atom is -0.389 e. The van der Waals surface area contributed by atoms with Gasteiger partial charge in [0, 0.05) is 6.54 Å². The lowest BCUT2D eigenvalue weighted by Crippen LogP contribution is -2.40. The lowest BCUT2D eigenvalue weighted by atomic mass is 10.0. The molecule has 0 aliphatic carbocycles. The maximum absolute atomic E-state index is 12.2. The molecule has 1 unspecified atom stereocenters. The molecule has 0 saturated heterocycles. The molecule has 0 amide bonds. The van der Waals surface area contributed by atoms with Crippen LogP contribution in [0.1, 0.15) is 37.8 Å². The maximum Gasteiger partial charge on any atom is 0.240 e. The molecule has 0 radical (unpaired) electrons. The van der Waals surface area contributed by atoms with Crippen molar-refractivity contribution in [3.8, 4) is 0 Å². The first kappa shape index (κ1) is 16.1. The highest BCUT2D eigenvalue weighted by atomic mass is 32.2. The normalized spacial score (nSPS) is 15.2.